The van der Waals surface area contributed by atoms with Gasteiger partial charge in [0.1, 0.15) is 18.2 Å². The number of hydrazone groups is 1. The van der Waals surface area contributed by atoms with Gasteiger partial charge >= 0.3 is 0 Å². The minimum Gasteiger partial charge on any atom is -0.489 e. The van der Waals surface area contributed by atoms with Gasteiger partial charge < -0.3 is 10.1 Å². The molecule has 3 aromatic carbocycles. The van der Waals surface area contributed by atoms with Gasteiger partial charge in [-0.1, -0.05) is 54.6 Å². The maximum atomic E-state index is 12.9. The molecule has 0 aliphatic heterocycles. The molecule has 0 bridgehead atoms. The van der Waals surface area contributed by atoms with E-state index in [9.17, 15) is 4.39 Å². The molecule has 28 heavy (non-hydrogen) atoms. The molecule has 0 unspecified atom stereocenters. The van der Waals surface area contributed by atoms with E-state index in [1.165, 1.54) is 12.1 Å². The van der Waals surface area contributed by atoms with Gasteiger partial charge in [0.25, 0.3) is 0 Å². The molecular weight excluding hydrogens is 373 g/mol. The summed E-state index contributed by atoms with van der Waals surface area (Å²) in [7, 11) is 0. The van der Waals surface area contributed by atoms with Crippen molar-refractivity contribution in [2.75, 3.05) is 0 Å². The summed E-state index contributed by atoms with van der Waals surface area (Å²) in [5.74, 6) is 0.448. The van der Waals surface area contributed by atoms with Gasteiger partial charge in [0, 0.05) is 6.54 Å². The summed E-state index contributed by atoms with van der Waals surface area (Å²) in [5, 5.41) is 7.69. The highest BCUT2D eigenvalue weighted by molar-refractivity contribution is 7.80. The Morgan fingerprint density at radius 2 is 1.75 bits per heavy atom. The molecule has 0 aliphatic carbocycles. The fourth-order valence-corrected chi connectivity index (χ4v) is 2.54. The van der Waals surface area contributed by atoms with Crippen molar-refractivity contribution in [1.29, 1.82) is 0 Å². The standard InChI is InChI=1S/C22H20FN3OS/c23-20-11-9-18(10-12-20)16-27-21-8-4-7-19(13-21)15-25-26-22(28)24-14-17-5-2-1-3-6-17/h1-13,15H,14,16H2,(H2,24,26,28)/b25-15+. The second-order valence-electron chi connectivity index (χ2n) is 6.03. The third-order valence-electron chi connectivity index (χ3n) is 3.85. The Balaban J connectivity index is 1.46. The van der Waals surface area contributed by atoms with Gasteiger partial charge in [0.2, 0.25) is 0 Å². The summed E-state index contributed by atoms with van der Waals surface area (Å²) in [6, 6.07) is 23.8. The van der Waals surface area contributed by atoms with E-state index in [-0.39, 0.29) is 5.82 Å². The van der Waals surface area contributed by atoms with Crippen molar-refractivity contribution in [2.45, 2.75) is 13.2 Å². The summed E-state index contributed by atoms with van der Waals surface area (Å²) in [6.45, 7) is 1.00. The molecule has 0 saturated carbocycles. The predicted octanol–water partition coefficient (Wildman–Crippen LogP) is 4.40. The van der Waals surface area contributed by atoms with Crippen LogP contribution in [-0.2, 0) is 13.2 Å². The maximum Gasteiger partial charge on any atom is 0.187 e. The SMILES string of the molecule is Fc1ccc(COc2cccc(/C=N/NC(=S)NCc3ccccc3)c2)cc1. The number of hydrogen-bond acceptors (Lipinski definition) is 3. The molecular formula is C22H20FN3OS. The van der Waals surface area contributed by atoms with Gasteiger partial charge in [0.05, 0.1) is 6.21 Å². The van der Waals surface area contributed by atoms with Crippen LogP contribution in [0.2, 0.25) is 0 Å². The average Bonchev–Trinajstić information content (AvgIpc) is 2.73. The Bertz CT molecular complexity index is 930. The summed E-state index contributed by atoms with van der Waals surface area (Å²) in [4.78, 5) is 0. The number of halogens is 1. The van der Waals surface area contributed by atoms with Crippen molar-refractivity contribution < 1.29 is 9.13 Å². The quantitative estimate of drug-likeness (QED) is 0.355. The molecule has 3 aromatic rings. The summed E-state index contributed by atoms with van der Waals surface area (Å²) >= 11 is 5.21. The lowest BCUT2D eigenvalue weighted by molar-refractivity contribution is 0.306. The predicted molar refractivity (Wildman–Crippen MR) is 114 cm³/mol. The van der Waals surface area contributed by atoms with Crippen molar-refractivity contribution in [3.8, 4) is 5.75 Å². The first-order valence-corrected chi connectivity index (χ1v) is 9.18. The first kappa shape index (κ1) is 19.5. The minimum atomic E-state index is -0.259. The smallest absolute Gasteiger partial charge is 0.187 e. The minimum absolute atomic E-state index is 0.259. The van der Waals surface area contributed by atoms with Gasteiger partial charge in [-0.25, -0.2) is 4.39 Å². The molecule has 4 nitrogen and oxygen atoms in total. The van der Waals surface area contributed by atoms with E-state index in [2.05, 4.69) is 15.8 Å². The largest absolute Gasteiger partial charge is 0.489 e. The molecule has 0 saturated heterocycles. The number of rotatable bonds is 7. The van der Waals surface area contributed by atoms with Gasteiger partial charge in [-0.15, -0.1) is 0 Å². The van der Waals surface area contributed by atoms with Crippen LogP contribution in [0.25, 0.3) is 0 Å². The maximum absolute atomic E-state index is 12.9. The first-order chi connectivity index (χ1) is 13.7. The van der Waals surface area contributed by atoms with Crippen LogP contribution in [0, 0.1) is 5.82 Å². The van der Waals surface area contributed by atoms with Crippen LogP contribution in [-0.4, -0.2) is 11.3 Å². The zero-order chi connectivity index (χ0) is 19.6. The summed E-state index contributed by atoms with van der Waals surface area (Å²) in [5.41, 5.74) is 5.71. The van der Waals surface area contributed by atoms with Gasteiger partial charge in [-0.3, -0.25) is 5.43 Å². The molecule has 0 fully saturated rings. The second-order valence-corrected chi connectivity index (χ2v) is 6.43. The van der Waals surface area contributed by atoms with Crippen LogP contribution < -0.4 is 15.5 Å². The van der Waals surface area contributed by atoms with Gasteiger partial charge in [-0.05, 0) is 53.2 Å². The number of hydrogen-bond donors (Lipinski definition) is 2. The lowest BCUT2D eigenvalue weighted by Gasteiger charge is -2.08. The van der Waals surface area contributed by atoms with E-state index in [1.807, 2.05) is 54.6 Å². The molecule has 142 valence electrons. The molecule has 0 spiro atoms. The Hall–Kier alpha value is -3.25. The van der Waals surface area contributed by atoms with E-state index in [1.54, 1.807) is 18.3 Å². The van der Waals surface area contributed by atoms with Crippen molar-refractivity contribution in [3.63, 3.8) is 0 Å². The highest BCUT2D eigenvalue weighted by atomic mass is 32.1. The zero-order valence-electron chi connectivity index (χ0n) is 15.1. The highest BCUT2D eigenvalue weighted by Crippen LogP contribution is 2.14. The highest BCUT2D eigenvalue weighted by Gasteiger charge is 1.99. The molecule has 0 aliphatic rings. The average molecular weight is 393 g/mol. The van der Waals surface area contributed by atoms with Crippen molar-refractivity contribution in [1.82, 2.24) is 10.7 Å². The monoisotopic (exact) mass is 393 g/mol. The molecule has 0 heterocycles. The number of ether oxygens (including phenoxy) is 1. The fourth-order valence-electron chi connectivity index (χ4n) is 2.42. The lowest BCUT2D eigenvalue weighted by Crippen LogP contribution is -2.31. The fraction of sp³-hybridized carbons (Fsp3) is 0.0909. The number of nitrogens with zero attached hydrogens (tertiary/aromatic N) is 1. The molecule has 0 amide bonds. The number of benzene rings is 3. The summed E-state index contributed by atoms with van der Waals surface area (Å²) < 4.78 is 18.7. The topological polar surface area (TPSA) is 45.6 Å². The first-order valence-electron chi connectivity index (χ1n) is 8.77. The van der Waals surface area contributed by atoms with Crippen LogP contribution in [0.1, 0.15) is 16.7 Å². The molecule has 0 atom stereocenters. The molecule has 3 rings (SSSR count). The Labute approximate surface area is 169 Å². The van der Waals surface area contributed by atoms with Crippen LogP contribution >= 0.6 is 12.2 Å². The van der Waals surface area contributed by atoms with E-state index >= 15 is 0 Å². The zero-order valence-corrected chi connectivity index (χ0v) is 16.0. The van der Waals surface area contributed by atoms with E-state index < -0.39 is 0 Å². The van der Waals surface area contributed by atoms with Crippen LogP contribution in [0.4, 0.5) is 4.39 Å². The third-order valence-corrected chi connectivity index (χ3v) is 4.09. The molecule has 0 radical (unpaired) electrons. The van der Waals surface area contributed by atoms with Crippen molar-refractivity contribution in [3.05, 3.63) is 101 Å². The normalized spacial score (nSPS) is 10.6. The Kier molecular flexibility index (Phi) is 7.09. The van der Waals surface area contributed by atoms with Gasteiger partial charge in [0.15, 0.2) is 5.11 Å². The van der Waals surface area contributed by atoms with Crippen LogP contribution in [0.5, 0.6) is 5.75 Å². The summed E-state index contributed by atoms with van der Waals surface area (Å²) in [6.07, 6.45) is 1.67. The van der Waals surface area contributed by atoms with E-state index in [4.69, 9.17) is 17.0 Å². The van der Waals surface area contributed by atoms with E-state index in [0.717, 1.165) is 16.7 Å². The lowest BCUT2D eigenvalue weighted by atomic mass is 10.2. The second kappa shape index (κ2) is 10.2. The third kappa shape index (κ3) is 6.48. The van der Waals surface area contributed by atoms with Gasteiger partial charge in [-0.2, -0.15) is 5.10 Å². The molecule has 0 aromatic heterocycles. The van der Waals surface area contributed by atoms with E-state index in [0.29, 0.717) is 24.0 Å². The van der Waals surface area contributed by atoms with Crippen molar-refractivity contribution in [2.24, 2.45) is 5.10 Å². The molecule has 6 heteroatoms. The Morgan fingerprint density at radius 1 is 0.964 bits per heavy atom. The number of nitrogens with one attached hydrogen (secondary N) is 2. The van der Waals surface area contributed by atoms with Crippen LogP contribution in [0.3, 0.4) is 0 Å². The van der Waals surface area contributed by atoms with Crippen molar-refractivity contribution >= 4 is 23.5 Å². The van der Waals surface area contributed by atoms with Crippen LogP contribution in [0.15, 0.2) is 84.0 Å². The Morgan fingerprint density at radius 3 is 2.54 bits per heavy atom. The number of thiocarbonyl (C=S) groups is 1. The molecule has 2 N–H and O–H groups in total.